The highest BCUT2D eigenvalue weighted by Crippen LogP contribution is 2.25. The number of rotatable bonds is 4. The van der Waals surface area contributed by atoms with Crippen molar-refractivity contribution in [3.8, 4) is 11.5 Å². The van der Waals surface area contributed by atoms with Gasteiger partial charge < -0.3 is 9.84 Å². The topological polar surface area (TPSA) is 63.6 Å². The summed E-state index contributed by atoms with van der Waals surface area (Å²) >= 11 is 0. The zero-order valence-electron chi connectivity index (χ0n) is 10.00. The number of hydrogen-bond acceptors (Lipinski definition) is 4. The highest BCUT2D eigenvalue weighted by molar-refractivity contribution is 5.93. The van der Waals surface area contributed by atoms with Gasteiger partial charge in [0.25, 0.3) is 0 Å². The van der Waals surface area contributed by atoms with Crippen molar-refractivity contribution in [3.63, 3.8) is 0 Å². The minimum absolute atomic E-state index is 0.0199. The maximum absolute atomic E-state index is 12.0. The van der Waals surface area contributed by atoms with Crippen LogP contribution < -0.4 is 4.74 Å². The second-order valence-corrected chi connectivity index (χ2v) is 3.84. The van der Waals surface area contributed by atoms with Crippen LogP contribution in [-0.4, -0.2) is 17.4 Å². The first-order chi connectivity index (χ1) is 9.22. The fraction of sp³-hybridized carbons (Fsp3) is 0.0667. The minimum atomic E-state index is -0.618. The molecule has 0 spiro atoms. The Bertz CT molecular complexity index is 605. The standard InChI is InChI=1S/C15H11O4/c16-10-9-11-5-1-2-6-12(11)15(18)19-14-8-4-3-7-13(14)17/h1-8,17H,9H2. The van der Waals surface area contributed by atoms with Crippen molar-refractivity contribution in [1.82, 2.24) is 0 Å². The molecule has 95 valence electrons. The Morgan fingerprint density at radius 1 is 1.11 bits per heavy atom. The second-order valence-electron chi connectivity index (χ2n) is 3.84. The normalized spacial score (nSPS) is 9.89. The summed E-state index contributed by atoms with van der Waals surface area (Å²) in [5, 5.41) is 9.54. The molecule has 2 rings (SSSR count). The third-order valence-corrected chi connectivity index (χ3v) is 2.57. The first-order valence-corrected chi connectivity index (χ1v) is 5.65. The number of aromatic hydroxyl groups is 1. The Labute approximate surface area is 110 Å². The van der Waals surface area contributed by atoms with Gasteiger partial charge in [0.05, 0.1) is 5.56 Å². The van der Waals surface area contributed by atoms with Crippen LogP contribution in [0.3, 0.4) is 0 Å². The van der Waals surface area contributed by atoms with Crippen LogP contribution in [0.1, 0.15) is 15.9 Å². The van der Waals surface area contributed by atoms with Crippen LogP contribution in [0.5, 0.6) is 11.5 Å². The average molecular weight is 255 g/mol. The molecule has 0 bridgehead atoms. The van der Waals surface area contributed by atoms with Gasteiger partial charge in [-0.1, -0.05) is 30.3 Å². The molecule has 4 nitrogen and oxygen atoms in total. The van der Waals surface area contributed by atoms with Crippen molar-refractivity contribution < 1.29 is 19.4 Å². The smallest absolute Gasteiger partial charge is 0.343 e. The van der Waals surface area contributed by atoms with Gasteiger partial charge in [0.2, 0.25) is 6.29 Å². The van der Waals surface area contributed by atoms with Crippen LogP contribution in [0.15, 0.2) is 48.5 Å². The predicted molar refractivity (Wildman–Crippen MR) is 68.9 cm³/mol. The average Bonchev–Trinajstić information content (AvgIpc) is 2.42. The molecule has 0 aliphatic heterocycles. The van der Waals surface area contributed by atoms with E-state index in [-0.39, 0.29) is 23.5 Å². The fourth-order valence-electron chi connectivity index (χ4n) is 1.65. The lowest BCUT2D eigenvalue weighted by molar-refractivity contribution is 0.0729. The van der Waals surface area contributed by atoms with Gasteiger partial charge in [-0.05, 0) is 23.8 Å². The molecule has 2 aromatic carbocycles. The van der Waals surface area contributed by atoms with Gasteiger partial charge in [0, 0.05) is 6.42 Å². The zero-order chi connectivity index (χ0) is 13.7. The van der Waals surface area contributed by atoms with Crippen LogP contribution in [0.4, 0.5) is 0 Å². The maximum Gasteiger partial charge on any atom is 0.343 e. The Morgan fingerprint density at radius 2 is 1.79 bits per heavy atom. The molecule has 1 N–H and O–H groups in total. The summed E-state index contributed by atoms with van der Waals surface area (Å²) in [4.78, 5) is 22.4. The summed E-state index contributed by atoms with van der Waals surface area (Å²) in [7, 11) is 0. The predicted octanol–water partition coefficient (Wildman–Crippen LogP) is 2.26. The molecule has 0 aliphatic carbocycles. The van der Waals surface area contributed by atoms with Crippen LogP contribution in [-0.2, 0) is 11.2 Å². The van der Waals surface area contributed by atoms with E-state index in [1.54, 1.807) is 42.7 Å². The Kier molecular flexibility index (Phi) is 3.93. The molecule has 0 saturated carbocycles. The van der Waals surface area contributed by atoms with E-state index in [9.17, 15) is 14.7 Å². The summed E-state index contributed by atoms with van der Waals surface area (Å²) in [6, 6.07) is 12.8. The van der Waals surface area contributed by atoms with Gasteiger partial charge >= 0.3 is 5.97 Å². The SMILES string of the molecule is O=[C]Cc1ccccc1C(=O)Oc1ccccc1O. The molecule has 0 atom stereocenters. The lowest BCUT2D eigenvalue weighted by Gasteiger charge is -2.08. The molecule has 0 amide bonds. The molecule has 0 fully saturated rings. The van der Waals surface area contributed by atoms with Crippen LogP contribution >= 0.6 is 0 Å². The Morgan fingerprint density at radius 3 is 2.53 bits per heavy atom. The van der Waals surface area contributed by atoms with E-state index in [1.165, 1.54) is 12.1 Å². The van der Waals surface area contributed by atoms with Crippen LogP contribution in [0, 0.1) is 0 Å². The van der Waals surface area contributed by atoms with Gasteiger partial charge in [-0.25, -0.2) is 4.79 Å². The number of esters is 1. The highest BCUT2D eigenvalue weighted by Gasteiger charge is 2.14. The van der Waals surface area contributed by atoms with E-state index in [4.69, 9.17) is 4.74 Å². The van der Waals surface area contributed by atoms with Gasteiger partial charge in [-0.3, -0.25) is 4.79 Å². The zero-order valence-corrected chi connectivity index (χ0v) is 10.00. The molecule has 2 aromatic rings. The van der Waals surface area contributed by atoms with E-state index in [0.29, 0.717) is 5.56 Å². The summed E-state index contributed by atoms with van der Waals surface area (Å²) in [6.07, 6.45) is 1.77. The number of para-hydroxylation sites is 2. The van der Waals surface area contributed by atoms with Crippen molar-refractivity contribution in [2.45, 2.75) is 6.42 Å². The monoisotopic (exact) mass is 255 g/mol. The van der Waals surface area contributed by atoms with Gasteiger partial charge in [-0.15, -0.1) is 0 Å². The molecular weight excluding hydrogens is 244 g/mol. The van der Waals surface area contributed by atoms with Crippen molar-refractivity contribution in [3.05, 3.63) is 59.7 Å². The van der Waals surface area contributed by atoms with E-state index in [0.717, 1.165) is 0 Å². The highest BCUT2D eigenvalue weighted by atomic mass is 16.5. The number of phenolic OH excluding ortho intramolecular Hbond substituents is 1. The largest absolute Gasteiger partial charge is 0.504 e. The van der Waals surface area contributed by atoms with E-state index in [2.05, 4.69) is 0 Å². The third-order valence-electron chi connectivity index (χ3n) is 2.57. The molecule has 0 heterocycles. The molecule has 0 aromatic heterocycles. The number of carbonyl (C=O) groups is 1. The van der Waals surface area contributed by atoms with E-state index >= 15 is 0 Å². The van der Waals surface area contributed by atoms with Gasteiger partial charge in [0.15, 0.2) is 11.5 Å². The number of carbonyl (C=O) groups excluding carboxylic acids is 2. The molecule has 0 aliphatic rings. The molecule has 0 saturated heterocycles. The quantitative estimate of drug-likeness (QED) is 0.672. The minimum Gasteiger partial charge on any atom is -0.504 e. The number of ether oxygens (including phenoxy) is 1. The Hall–Kier alpha value is -2.62. The molecule has 0 unspecified atom stereocenters. The second kappa shape index (κ2) is 5.82. The first kappa shape index (κ1) is 12.8. The third kappa shape index (κ3) is 2.98. The van der Waals surface area contributed by atoms with Gasteiger partial charge in [0.1, 0.15) is 0 Å². The fourth-order valence-corrected chi connectivity index (χ4v) is 1.65. The Balaban J connectivity index is 2.25. The molecule has 4 heteroatoms. The van der Waals surface area contributed by atoms with Crippen molar-refractivity contribution >= 4 is 12.3 Å². The van der Waals surface area contributed by atoms with Gasteiger partial charge in [-0.2, -0.15) is 0 Å². The summed E-state index contributed by atoms with van der Waals surface area (Å²) in [6.45, 7) is 0. The summed E-state index contributed by atoms with van der Waals surface area (Å²) < 4.78 is 5.10. The number of benzene rings is 2. The first-order valence-electron chi connectivity index (χ1n) is 5.65. The van der Waals surface area contributed by atoms with Crippen molar-refractivity contribution in [2.75, 3.05) is 0 Å². The lowest BCUT2D eigenvalue weighted by atomic mass is 10.1. The lowest BCUT2D eigenvalue weighted by Crippen LogP contribution is -2.11. The summed E-state index contributed by atoms with van der Waals surface area (Å²) in [5.41, 5.74) is 0.826. The molecular formula is C15H11O4. The van der Waals surface area contributed by atoms with Crippen LogP contribution in [0.25, 0.3) is 0 Å². The summed E-state index contributed by atoms with van der Waals surface area (Å²) in [5.74, 6) is -0.653. The van der Waals surface area contributed by atoms with E-state index < -0.39 is 5.97 Å². The van der Waals surface area contributed by atoms with Crippen molar-refractivity contribution in [1.29, 1.82) is 0 Å². The van der Waals surface area contributed by atoms with Crippen molar-refractivity contribution in [2.24, 2.45) is 0 Å². The number of phenols is 1. The molecule has 1 radical (unpaired) electrons. The van der Waals surface area contributed by atoms with E-state index in [1.807, 2.05) is 0 Å². The van der Waals surface area contributed by atoms with Crippen LogP contribution in [0.2, 0.25) is 0 Å². The molecule has 19 heavy (non-hydrogen) atoms. The number of hydrogen-bond donors (Lipinski definition) is 1. The maximum atomic E-state index is 12.0.